The van der Waals surface area contributed by atoms with Gasteiger partial charge in [-0.3, -0.25) is 4.79 Å². The van der Waals surface area contributed by atoms with Crippen LogP contribution in [0.4, 0.5) is 0 Å². The third-order valence-corrected chi connectivity index (χ3v) is 1.98. The van der Waals surface area contributed by atoms with E-state index >= 15 is 0 Å². The largest absolute Gasteiger partial charge is 0.362 e. The topological polar surface area (TPSA) is 57.5 Å². The molecule has 0 heterocycles. The summed E-state index contributed by atoms with van der Waals surface area (Å²) in [5, 5.41) is 17.4. The molecule has 3 nitrogen and oxygen atoms in total. The van der Waals surface area contributed by atoms with Crippen LogP contribution in [0.3, 0.4) is 0 Å². The van der Waals surface area contributed by atoms with Crippen molar-refractivity contribution in [2.75, 3.05) is 0 Å². The van der Waals surface area contributed by atoms with E-state index in [0.717, 1.165) is 18.4 Å². The smallest absolute Gasteiger partial charge is 0.218 e. The Labute approximate surface area is 83.0 Å². The fourth-order valence-corrected chi connectivity index (χ4v) is 1.32. The number of benzene rings is 1. The summed E-state index contributed by atoms with van der Waals surface area (Å²) in [5.74, 6) is -0.650. The summed E-state index contributed by atoms with van der Waals surface area (Å²) in [4.78, 5) is 11.2. The van der Waals surface area contributed by atoms with E-state index in [0.29, 0.717) is 5.56 Å². The van der Waals surface area contributed by atoms with Crippen molar-refractivity contribution >= 4 is 5.78 Å². The molecule has 1 aromatic rings. The maximum atomic E-state index is 11.2. The Bertz CT molecular complexity index is 318. The van der Waals surface area contributed by atoms with Gasteiger partial charge in [-0.15, -0.1) is 0 Å². The fraction of sp³-hybridized carbons (Fsp3) is 0.364. The minimum absolute atomic E-state index is 0.353. The predicted octanol–water partition coefficient (Wildman–Crippen LogP) is 1.13. The SMILES string of the molecule is CCCc1cccc(C(=O)C(O)O)c1. The quantitative estimate of drug-likeness (QED) is 0.558. The number of aryl methyl sites for hydroxylation is 1. The first-order valence-corrected chi connectivity index (χ1v) is 4.64. The van der Waals surface area contributed by atoms with Crippen LogP contribution in [0.15, 0.2) is 24.3 Å². The lowest BCUT2D eigenvalue weighted by atomic mass is 10.0. The monoisotopic (exact) mass is 194 g/mol. The van der Waals surface area contributed by atoms with Crippen molar-refractivity contribution < 1.29 is 15.0 Å². The molecule has 1 rings (SSSR count). The molecule has 0 bridgehead atoms. The number of carbonyl (C=O) groups is 1. The molecule has 76 valence electrons. The highest BCUT2D eigenvalue weighted by Crippen LogP contribution is 2.09. The Balaban J connectivity index is 2.88. The summed E-state index contributed by atoms with van der Waals surface area (Å²) in [6, 6.07) is 6.96. The molecule has 0 atom stereocenters. The lowest BCUT2D eigenvalue weighted by Gasteiger charge is -2.04. The van der Waals surface area contributed by atoms with Gasteiger partial charge in [-0.25, -0.2) is 0 Å². The van der Waals surface area contributed by atoms with Crippen LogP contribution in [0.25, 0.3) is 0 Å². The zero-order valence-corrected chi connectivity index (χ0v) is 8.10. The van der Waals surface area contributed by atoms with Gasteiger partial charge in [0.25, 0.3) is 0 Å². The van der Waals surface area contributed by atoms with Crippen molar-refractivity contribution in [3.63, 3.8) is 0 Å². The minimum atomic E-state index is -1.91. The van der Waals surface area contributed by atoms with Gasteiger partial charge in [-0.1, -0.05) is 31.5 Å². The number of aliphatic hydroxyl groups excluding tert-OH is 1. The van der Waals surface area contributed by atoms with Crippen LogP contribution in [0.2, 0.25) is 0 Å². The highest BCUT2D eigenvalue weighted by molar-refractivity contribution is 5.98. The van der Waals surface area contributed by atoms with Crippen LogP contribution >= 0.6 is 0 Å². The van der Waals surface area contributed by atoms with Crippen molar-refractivity contribution in [2.45, 2.75) is 26.1 Å². The first kappa shape index (κ1) is 10.9. The van der Waals surface area contributed by atoms with Crippen molar-refractivity contribution in [2.24, 2.45) is 0 Å². The Kier molecular flexibility index (Phi) is 3.80. The fourth-order valence-electron chi connectivity index (χ4n) is 1.32. The number of ketones is 1. The summed E-state index contributed by atoms with van der Waals surface area (Å²) in [6.45, 7) is 2.05. The van der Waals surface area contributed by atoms with E-state index in [1.165, 1.54) is 0 Å². The van der Waals surface area contributed by atoms with Crippen molar-refractivity contribution in [1.29, 1.82) is 0 Å². The van der Waals surface area contributed by atoms with E-state index in [9.17, 15) is 4.79 Å². The summed E-state index contributed by atoms with van der Waals surface area (Å²) in [7, 11) is 0. The second kappa shape index (κ2) is 4.88. The van der Waals surface area contributed by atoms with Gasteiger partial charge in [0.05, 0.1) is 0 Å². The molecule has 2 N–H and O–H groups in total. The molecular weight excluding hydrogens is 180 g/mol. The molecule has 0 saturated heterocycles. The molecule has 0 aliphatic rings. The molecule has 3 heteroatoms. The Morgan fingerprint density at radius 2 is 2.14 bits per heavy atom. The third kappa shape index (κ3) is 2.65. The van der Waals surface area contributed by atoms with Gasteiger partial charge >= 0.3 is 0 Å². The molecule has 0 radical (unpaired) electrons. The number of hydrogen-bond donors (Lipinski definition) is 2. The van der Waals surface area contributed by atoms with Crippen molar-refractivity contribution in [3.05, 3.63) is 35.4 Å². The van der Waals surface area contributed by atoms with E-state index in [-0.39, 0.29) is 0 Å². The molecule has 0 aromatic heterocycles. The lowest BCUT2D eigenvalue weighted by molar-refractivity contribution is -0.0195. The summed E-state index contributed by atoms with van der Waals surface area (Å²) in [6.07, 6.45) is -0.0195. The molecule has 14 heavy (non-hydrogen) atoms. The predicted molar refractivity (Wildman–Crippen MR) is 53.0 cm³/mol. The average molecular weight is 194 g/mol. The van der Waals surface area contributed by atoms with Crippen LogP contribution in [0, 0.1) is 0 Å². The molecule has 0 amide bonds. The van der Waals surface area contributed by atoms with Gasteiger partial charge in [0.2, 0.25) is 12.1 Å². The molecule has 0 spiro atoms. The first-order valence-electron chi connectivity index (χ1n) is 4.64. The van der Waals surface area contributed by atoms with Crippen LogP contribution in [0.1, 0.15) is 29.3 Å². The van der Waals surface area contributed by atoms with Gasteiger partial charge < -0.3 is 10.2 Å². The molecule has 1 aromatic carbocycles. The van der Waals surface area contributed by atoms with E-state index in [4.69, 9.17) is 10.2 Å². The Hall–Kier alpha value is -1.19. The number of rotatable bonds is 4. The van der Waals surface area contributed by atoms with Gasteiger partial charge in [0.15, 0.2) is 0 Å². The Morgan fingerprint density at radius 1 is 1.43 bits per heavy atom. The van der Waals surface area contributed by atoms with Crippen LogP contribution < -0.4 is 0 Å². The summed E-state index contributed by atoms with van der Waals surface area (Å²) >= 11 is 0. The normalized spacial score (nSPS) is 10.6. The van der Waals surface area contributed by atoms with E-state index < -0.39 is 12.1 Å². The zero-order chi connectivity index (χ0) is 10.6. The highest BCUT2D eigenvalue weighted by Gasteiger charge is 2.13. The van der Waals surface area contributed by atoms with Gasteiger partial charge in [0, 0.05) is 5.56 Å². The lowest BCUT2D eigenvalue weighted by Crippen LogP contribution is -2.19. The molecule has 0 unspecified atom stereocenters. The van der Waals surface area contributed by atoms with Crippen LogP contribution in [0.5, 0.6) is 0 Å². The van der Waals surface area contributed by atoms with E-state index in [1.54, 1.807) is 18.2 Å². The van der Waals surface area contributed by atoms with E-state index in [2.05, 4.69) is 6.92 Å². The second-order valence-corrected chi connectivity index (χ2v) is 3.19. The maximum absolute atomic E-state index is 11.2. The van der Waals surface area contributed by atoms with Gasteiger partial charge in [0.1, 0.15) is 0 Å². The molecule has 0 aliphatic carbocycles. The molecule has 0 aliphatic heterocycles. The zero-order valence-electron chi connectivity index (χ0n) is 8.10. The summed E-state index contributed by atoms with van der Waals surface area (Å²) < 4.78 is 0. The van der Waals surface area contributed by atoms with Crippen molar-refractivity contribution in [3.8, 4) is 0 Å². The number of Topliss-reactive ketones (excluding diaryl/α,β-unsaturated/α-hetero) is 1. The second-order valence-electron chi connectivity index (χ2n) is 3.19. The van der Waals surface area contributed by atoms with Gasteiger partial charge in [-0.05, 0) is 18.1 Å². The summed E-state index contributed by atoms with van der Waals surface area (Å²) in [5.41, 5.74) is 1.39. The molecular formula is C11H14O3. The van der Waals surface area contributed by atoms with Crippen LogP contribution in [-0.2, 0) is 6.42 Å². The number of carbonyl (C=O) groups excluding carboxylic acids is 1. The molecule has 0 fully saturated rings. The first-order chi connectivity index (χ1) is 6.65. The Morgan fingerprint density at radius 3 is 2.71 bits per heavy atom. The highest BCUT2D eigenvalue weighted by atomic mass is 16.5. The number of aliphatic hydroxyl groups is 2. The standard InChI is InChI=1S/C11H14O3/c1-2-4-8-5-3-6-9(7-8)10(12)11(13)14/h3,5-7,11,13-14H,2,4H2,1H3. The number of hydrogen-bond acceptors (Lipinski definition) is 3. The molecule has 0 saturated carbocycles. The minimum Gasteiger partial charge on any atom is -0.362 e. The van der Waals surface area contributed by atoms with Crippen LogP contribution in [-0.4, -0.2) is 22.3 Å². The van der Waals surface area contributed by atoms with Gasteiger partial charge in [-0.2, -0.15) is 0 Å². The average Bonchev–Trinajstić information content (AvgIpc) is 2.17. The van der Waals surface area contributed by atoms with Crippen molar-refractivity contribution in [1.82, 2.24) is 0 Å². The third-order valence-electron chi connectivity index (χ3n) is 1.98. The maximum Gasteiger partial charge on any atom is 0.218 e. The van der Waals surface area contributed by atoms with E-state index in [1.807, 2.05) is 6.07 Å².